The van der Waals surface area contributed by atoms with Gasteiger partial charge in [-0.2, -0.15) is 4.73 Å². The van der Waals surface area contributed by atoms with E-state index >= 15 is 0 Å². The molecular weight excluding hydrogens is 238 g/mol. The highest BCUT2D eigenvalue weighted by Crippen LogP contribution is 2.19. The number of benzene rings is 2. The summed E-state index contributed by atoms with van der Waals surface area (Å²) in [6, 6.07) is 16.6. The lowest BCUT2D eigenvalue weighted by Crippen LogP contribution is -2.31. The maximum absolute atomic E-state index is 12.0. The van der Waals surface area contributed by atoms with Gasteiger partial charge in [0.2, 0.25) is 5.69 Å². The zero-order chi connectivity index (χ0) is 13.2. The van der Waals surface area contributed by atoms with Crippen LogP contribution >= 0.6 is 0 Å². The zero-order valence-electron chi connectivity index (χ0n) is 10.3. The summed E-state index contributed by atoms with van der Waals surface area (Å²) < 4.78 is 0.912. The summed E-state index contributed by atoms with van der Waals surface area (Å²) in [4.78, 5) is 0. The van der Waals surface area contributed by atoms with Crippen molar-refractivity contribution in [2.24, 2.45) is 0 Å². The largest absolute Gasteiger partial charge is 0.618 e. The molecule has 3 heteroatoms. The van der Waals surface area contributed by atoms with Gasteiger partial charge in [-0.3, -0.25) is 0 Å². The molecule has 3 nitrogen and oxygen atoms in total. The van der Waals surface area contributed by atoms with Gasteiger partial charge in [0.1, 0.15) is 5.75 Å². The normalized spacial score (nSPS) is 10.7. The van der Waals surface area contributed by atoms with Crippen molar-refractivity contribution < 1.29 is 9.84 Å². The third kappa shape index (κ3) is 2.22. The highest BCUT2D eigenvalue weighted by molar-refractivity contribution is 5.83. The number of aromatic nitrogens is 1. The van der Waals surface area contributed by atoms with Crippen LogP contribution in [0.4, 0.5) is 0 Å². The average molecular weight is 251 g/mol. The second kappa shape index (κ2) is 4.61. The van der Waals surface area contributed by atoms with Crippen LogP contribution in [0.25, 0.3) is 10.8 Å². The molecule has 0 spiro atoms. The lowest BCUT2D eigenvalue weighted by atomic mass is 10.0. The summed E-state index contributed by atoms with van der Waals surface area (Å²) in [5.41, 5.74) is 1.72. The average Bonchev–Trinajstić information content (AvgIpc) is 2.44. The number of fused-ring (bicyclic) bond motifs is 1. The standard InChI is InChI=1S/C16H13NO2/c18-14-7-5-12(6-8-14)11-16-15-4-2-1-3-13(15)9-10-17(16)19/h1-10,18H,11H2. The first-order valence-corrected chi connectivity index (χ1v) is 6.12. The summed E-state index contributed by atoms with van der Waals surface area (Å²) in [6.45, 7) is 0. The van der Waals surface area contributed by atoms with Crippen LogP contribution in [0.1, 0.15) is 11.3 Å². The summed E-state index contributed by atoms with van der Waals surface area (Å²) in [7, 11) is 0. The Bertz CT molecular complexity index is 720. The number of phenols is 1. The molecule has 0 atom stereocenters. The second-order valence-corrected chi connectivity index (χ2v) is 4.52. The number of hydrogen-bond donors (Lipinski definition) is 1. The molecule has 94 valence electrons. The van der Waals surface area contributed by atoms with E-state index in [-0.39, 0.29) is 5.75 Å². The molecule has 0 amide bonds. The summed E-state index contributed by atoms with van der Waals surface area (Å²) >= 11 is 0. The molecule has 0 unspecified atom stereocenters. The Labute approximate surface area is 111 Å². The van der Waals surface area contributed by atoms with Crippen molar-refractivity contribution in [2.45, 2.75) is 6.42 Å². The Morgan fingerprint density at radius 1 is 0.947 bits per heavy atom. The molecule has 1 heterocycles. The van der Waals surface area contributed by atoms with Crippen LogP contribution in [0.2, 0.25) is 0 Å². The summed E-state index contributed by atoms with van der Waals surface area (Å²) in [5.74, 6) is 0.233. The first-order chi connectivity index (χ1) is 9.24. The van der Waals surface area contributed by atoms with Gasteiger partial charge in [-0.15, -0.1) is 0 Å². The van der Waals surface area contributed by atoms with Gasteiger partial charge in [-0.25, -0.2) is 0 Å². The van der Waals surface area contributed by atoms with E-state index in [9.17, 15) is 10.3 Å². The molecule has 2 aromatic carbocycles. The molecule has 0 fully saturated rings. The molecule has 3 aromatic rings. The second-order valence-electron chi connectivity index (χ2n) is 4.52. The molecule has 19 heavy (non-hydrogen) atoms. The zero-order valence-corrected chi connectivity index (χ0v) is 10.3. The molecule has 0 aliphatic heterocycles. The van der Waals surface area contributed by atoms with Gasteiger partial charge in [0.05, 0.1) is 11.8 Å². The minimum absolute atomic E-state index is 0.233. The Hall–Kier alpha value is -2.55. The summed E-state index contributed by atoms with van der Waals surface area (Å²) in [5, 5.41) is 23.3. The Morgan fingerprint density at radius 2 is 1.68 bits per heavy atom. The number of pyridine rings is 1. The van der Waals surface area contributed by atoms with Crippen LogP contribution in [0.15, 0.2) is 60.8 Å². The number of phenolic OH excluding ortho intramolecular Hbond substituents is 1. The molecule has 3 rings (SSSR count). The quantitative estimate of drug-likeness (QED) is 0.562. The Balaban J connectivity index is 2.09. The van der Waals surface area contributed by atoms with Crippen molar-refractivity contribution in [1.29, 1.82) is 0 Å². The lowest BCUT2D eigenvalue weighted by molar-refractivity contribution is -0.611. The van der Waals surface area contributed by atoms with Crippen LogP contribution in [-0.2, 0) is 6.42 Å². The minimum Gasteiger partial charge on any atom is -0.618 e. The van der Waals surface area contributed by atoms with Crippen LogP contribution < -0.4 is 4.73 Å². The molecule has 1 N–H and O–H groups in total. The third-order valence-electron chi connectivity index (χ3n) is 3.24. The summed E-state index contributed by atoms with van der Waals surface area (Å²) in [6.07, 6.45) is 2.09. The number of hydrogen-bond acceptors (Lipinski definition) is 2. The van der Waals surface area contributed by atoms with Crippen LogP contribution in [-0.4, -0.2) is 5.11 Å². The SMILES string of the molecule is [O-][n+]1ccc2ccccc2c1Cc1ccc(O)cc1. The molecule has 0 aliphatic rings. The van der Waals surface area contributed by atoms with Gasteiger partial charge in [0.15, 0.2) is 6.20 Å². The van der Waals surface area contributed by atoms with E-state index in [2.05, 4.69) is 0 Å². The van der Waals surface area contributed by atoms with Gasteiger partial charge in [-0.05, 0) is 29.1 Å². The Morgan fingerprint density at radius 3 is 2.47 bits per heavy atom. The first-order valence-electron chi connectivity index (χ1n) is 6.12. The predicted octanol–water partition coefficient (Wildman–Crippen LogP) is 2.77. The predicted molar refractivity (Wildman–Crippen MR) is 73.8 cm³/mol. The van der Waals surface area contributed by atoms with E-state index in [4.69, 9.17) is 0 Å². The van der Waals surface area contributed by atoms with E-state index in [1.54, 1.807) is 12.1 Å². The van der Waals surface area contributed by atoms with Crippen molar-refractivity contribution in [1.82, 2.24) is 0 Å². The molecule has 0 radical (unpaired) electrons. The smallest absolute Gasteiger partial charge is 0.204 e. The maximum Gasteiger partial charge on any atom is 0.204 e. The highest BCUT2D eigenvalue weighted by Gasteiger charge is 2.11. The van der Waals surface area contributed by atoms with E-state index < -0.39 is 0 Å². The van der Waals surface area contributed by atoms with Gasteiger partial charge in [-0.1, -0.05) is 30.3 Å². The van der Waals surface area contributed by atoms with E-state index in [1.165, 1.54) is 6.20 Å². The fraction of sp³-hybridized carbons (Fsp3) is 0.0625. The fourth-order valence-corrected chi connectivity index (χ4v) is 2.24. The molecule has 0 saturated heterocycles. The number of nitrogens with zero attached hydrogens (tertiary/aromatic N) is 1. The van der Waals surface area contributed by atoms with E-state index in [0.29, 0.717) is 6.42 Å². The number of aromatic hydroxyl groups is 1. The molecule has 0 bridgehead atoms. The highest BCUT2D eigenvalue weighted by atomic mass is 16.5. The van der Waals surface area contributed by atoms with Crippen molar-refractivity contribution in [3.05, 3.63) is 77.3 Å². The van der Waals surface area contributed by atoms with Crippen molar-refractivity contribution in [2.75, 3.05) is 0 Å². The van der Waals surface area contributed by atoms with Gasteiger partial charge in [0, 0.05) is 6.07 Å². The minimum atomic E-state index is 0.233. The van der Waals surface area contributed by atoms with E-state index in [1.807, 2.05) is 42.5 Å². The van der Waals surface area contributed by atoms with Crippen LogP contribution in [0.5, 0.6) is 5.75 Å². The van der Waals surface area contributed by atoms with Gasteiger partial charge < -0.3 is 10.3 Å². The van der Waals surface area contributed by atoms with Gasteiger partial charge >= 0.3 is 0 Å². The van der Waals surface area contributed by atoms with Crippen molar-refractivity contribution in [3.63, 3.8) is 0 Å². The number of rotatable bonds is 2. The monoisotopic (exact) mass is 251 g/mol. The maximum atomic E-state index is 12.0. The molecule has 1 aromatic heterocycles. The molecular formula is C16H13NO2. The van der Waals surface area contributed by atoms with E-state index in [0.717, 1.165) is 26.8 Å². The van der Waals surface area contributed by atoms with Gasteiger partial charge in [0.25, 0.3) is 0 Å². The Kier molecular flexibility index (Phi) is 2.80. The van der Waals surface area contributed by atoms with Crippen LogP contribution in [0.3, 0.4) is 0 Å². The third-order valence-corrected chi connectivity index (χ3v) is 3.24. The lowest BCUT2D eigenvalue weighted by Gasteiger charge is -2.08. The van der Waals surface area contributed by atoms with Crippen LogP contribution in [0, 0.1) is 5.21 Å². The topological polar surface area (TPSA) is 47.2 Å². The fourth-order valence-electron chi connectivity index (χ4n) is 2.24. The molecule has 0 aliphatic carbocycles. The van der Waals surface area contributed by atoms with Crippen molar-refractivity contribution in [3.8, 4) is 5.75 Å². The molecule has 0 saturated carbocycles. The first kappa shape index (κ1) is 11.5. The van der Waals surface area contributed by atoms with Crippen molar-refractivity contribution >= 4 is 10.8 Å².